The number of rotatable bonds is 6. The maximum Gasteiger partial charge on any atom is 0.319 e. The summed E-state index contributed by atoms with van der Waals surface area (Å²) in [7, 11) is 0. The zero-order valence-corrected chi connectivity index (χ0v) is 16.0. The summed E-state index contributed by atoms with van der Waals surface area (Å²) in [5.74, 6) is 0. The lowest BCUT2D eigenvalue weighted by atomic mass is 10.2. The Morgan fingerprint density at radius 2 is 1.38 bits per heavy atom. The summed E-state index contributed by atoms with van der Waals surface area (Å²) in [5.41, 5.74) is 3.57. The molecule has 4 N–H and O–H groups in total. The number of aryl methyl sites for hydroxylation is 1. The van der Waals surface area contributed by atoms with Gasteiger partial charge in [0.25, 0.3) is 0 Å². The van der Waals surface area contributed by atoms with Crippen LogP contribution in [0.25, 0.3) is 0 Å². The van der Waals surface area contributed by atoms with Crippen LogP contribution in [-0.2, 0) is 13.1 Å². The number of carbonyl (C=O) groups excluding carboxylic acids is 2. The van der Waals surface area contributed by atoms with Crippen molar-refractivity contribution >= 4 is 23.4 Å². The van der Waals surface area contributed by atoms with Crippen LogP contribution in [0.3, 0.4) is 0 Å². The number of anilines is 2. The van der Waals surface area contributed by atoms with Crippen LogP contribution in [0.15, 0.2) is 67.0 Å². The van der Waals surface area contributed by atoms with Gasteiger partial charge in [0.05, 0.1) is 24.5 Å². The summed E-state index contributed by atoms with van der Waals surface area (Å²) in [6.07, 6.45) is 3.35. The summed E-state index contributed by atoms with van der Waals surface area (Å²) in [4.78, 5) is 32.6. The number of hydrogen-bond donors (Lipinski definition) is 4. The fourth-order valence-electron chi connectivity index (χ4n) is 2.52. The molecular weight excluding hydrogens is 368 g/mol. The van der Waals surface area contributed by atoms with E-state index in [2.05, 4.69) is 31.2 Å². The van der Waals surface area contributed by atoms with Gasteiger partial charge in [-0.1, -0.05) is 18.2 Å². The van der Waals surface area contributed by atoms with Crippen molar-refractivity contribution in [2.45, 2.75) is 20.0 Å². The van der Waals surface area contributed by atoms with Gasteiger partial charge in [-0.15, -0.1) is 0 Å². The van der Waals surface area contributed by atoms with Crippen LogP contribution in [0.1, 0.15) is 17.0 Å². The maximum absolute atomic E-state index is 12.2. The number of carbonyl (C=O) groups is 2. The third-order valence-corrected chi connectivity index (χ3v) is 4.06. The average Bonchev–Trinajstić information content (AvgIpc) is 2.75. The molecule has 0 radical (unpaired) electrons. The quantitative estimate of drug-likeness (QED) is 0.517. The average molecular weight is 390 g/mol. The van der Waals surface area contributed by atoms with Crippen molar-refractivity contribution in [2.24, 2.45) is 0 Å². The Hall–Kier alpha value is -3.94. The number of pyridine rings is 2. The van der Waals surface area contributed by atoms with E-state index < -0.39 is 0 Å². The van der Waals surface area contributed by atoms with Crippen molar-refractivity contribution in [3.05, 3.63) is 83.9 Å². The molecule has 2 aromatic heterocycles. The van der Waals surface area contributed by atoms with Crippen molar-refractivity contribution < 1.29 is 9.59 Å². The third kappa shape index (κ3) is 6.31. The molecule has 4 amide bonds. The molecule has 2 heterocycles. The normalized spacial score (nSPS) is 10.1. The maximum atomic E-state index is 12.2. The van der Waals surface area contributed by atoms with Crippen LogP contribution in [0.4, 0.5) is 21.0 Å². The second kappa shape index (κ2) is 9.84. The summed E-state index contributed by atoms with van der Waals surface area (Å²) < 4.78 is 0. The summed E-state index contributed by atoms with van der Waals surface area (Å²) >= 11 is 0. The number of hydrogen-bond acceptors (Lipinski definition) is 4. The van der Waals surface area contributed by atoms with E-state index in [0.717, 1.165) is 17.0 Å². The van der Waals surface area contributed by atoms with Gasteiger partial charge in [0.1, 0.15) is 0 Å². The lowest BCUT2D eigenvalue weighted by molar-refractivity contribution is 0.251. The van der Waals surface area contributed by atoms with E-state index in [0.29, 0.717) is 24.5 Å². The standard InChI is InChI=1S/C21H22N6O2/c1-15-8-9-16(26-20(28)24-13-17-6-2-4-10-22-17)12-19(15)27-21(29)25-14-18-7-3-5-11-23-18/h2-12H,13-14H2,1H3,(H2,24,26,28)(H2,25,27,29). The van der Waals surface area contributed by atoms with E-state index in [-0.39, 0.29) is 12.1 Å². The number of nitrogens with one attached hydrogen (secondary N) is 4. The zero-order valence-electron chi connectivity index (χ0n) is 16.0. The molecule has 8 heteroatoms. The first-order valence-corrected chi connectivity index (χ1v) is 9.10. The smallest absolute Gasteiger partial charge is 0.319 e. The van der Waals surface area contributed by atoms with Crippen LogP contribution >= 0.6 is 0 Å². The molecule has 0 saturated carbocycles. The van der Waals surface area contributed by atoms with Crippen LogP contribution in [-0.4, -0.2) is 22.0 Å². The van der Waals surface area contributed by atoms with Crippen molar-refractivity contribution in [3.63, 3.8) is 0 Å². The van der Waals surface area contributed by atoms with Crippen molar-refractivity contribution in [1.29, 1.82) is 0 Å². The van der Waals surface area contributed by atoms with Crippen LogP contribution in [0, 0.1) is 6.92 Å². The van der Waals surface area contributed by atoms with E-state index in [9.17, 15) is 9.59 Å². The molecular formula is C21H22N6O2. The Labute approximate surface area is 168 Å². The lowest BCUT2D eigenvalue weighted by Gasteiger charge is -2.13. The fraction of sp³-hybridized carbons (Fsp3) is 0.143. The minimum atomic E-state index is -0.356. The van der Waals surface area contributed by atoms with Crippen LogP contribution in [0.2, 0.25) is 0 Å². The SMILES string of the molecule is Cc1ccc(NC(=O)NCc2ccccn2)cc1NC(=O)NCc1ccccn1. The monoisotopic (exact) mass is 390 g/mol. The second-order valence-corrected chi connectivity index (χ2v) is 6.29. The second-order valence-electron chi connectivity index (χ2n) is 6.29. The molecule has 0 fully saturated rings. The highest BCUT2D eigenvalue weighted by atomic mass is 16.2. The topological polar surface area (TPSA) is 108 Å². The van der Waals surface area contributed by atoms with E-state index in [4.69, 9.17) is 0 Å². The Kier molecular flexibility index (Phi) is 6.72. The summed E-state index contributed by atoms with van der Waals surface area (Å²) in [5, 5.41) is 11.0. The molecule has 0 saturated heterocycles. The number of amides is 4. The van der Waals surface area contributed by atoms with E-state index in [1.807, 2.05) is 49.4 Å². The van der Waals surface area contributed by atoms with Crippen LogP contribution in [0.5, 0.6) is 0 Å². The molecule has 0 aliphatic carbocycles. The van der Waals surface area contributed by atoms with Crippen molar-refractivity contribution in [3.8, 4) is 0 Å². The molecule has 8 nitrogen and oxygen atoms in total. The van der Waals surface area contributed by atoms with E-state index >= 15 is 0 Å². The Morgan fingerprint density at radius 1 is 0.793 bits per heavy atom. The van der Waals surface area contributed by atoms with Crippen molar-refractivity contribution in [1.82, 2.24) is 20.6 Å². The molecule has 1 aromatic carbocycles. The predicted molar refractivity (Wildman–Crippen MR) is 111 cm³/mol. The molecule has 3 rings (SSSR count). The Balaban J connectivity index is 1.53. The molecule has 0 spiro atoms. The largest absolute Gasteiger partial charge is 0.332 e. The predicted octanol–water partition coefficient (Wildman–Crippen LogP) is 3.43. The lowest BCUT2D eigenvalue weighted by Crippen LogP contribution is -2.29. The zero-order chi connectivity index (χ0) is 20.5. The number of urea groups is 2. The highest BCUT2D eigenvalue weighted by Crippen LogP contribution is 2.20. The van der Waals surface area contributed by atoms with Crippen molar-refractivity contribution in [2.75, 3.05) is 10.6 Å². The minimum Gasteiger partial charge on any atom is -0.332 e. The molecule has 0 aliphatic heterocycles. The first-order valence-electron chi connectivity index (χ1n) is 9.10. The van der Waals surface area contributed by atoms with Gasteiger partial charge < -0.3 is 21.3 Å². The number of aromatic nitrogens is 2. The van der Waals surface area contributed by atoms with Gasteiger partial charge in [-0.25, -0.2) is 9.59 Å². The van der Waals surface area contributed by atoms with Gasteiger partial charge in [0.15, 0.2) is 0 Å². The molecule has 0 unspecified atom stereocenters. The number of benzene rings is 1. The molecule has 148 valence electrons. The highest BCUT2D eigenvalue weighted by molar-refractivity contribution is 5.93. The molecule has 0 atom stereocenters. The molecule has 29 heavy (non-hydrogen) atoms. The van der Waals surface area contributed by atoms with Gasteiger partial charge in [0, 0.05) is 23.8 Å². The number of nitrogens with zero attached hydrogens (tertiary/aromatic N) is 2. The highest BCUT2D eigenvalue weighted by Gasteiger charge is 2.08. The third-order valence-electron chi connectivity index (χ3n) is 4.06. The van der Waals surface area contributed by atoms with E-state index in [1.165, 1.54) is 0 Å². The van der Waals surface area contributed by atoms with E-state index in [1.54, 1.807) is 24.5 Å². The van der Waals surface area contributed by atoms with Gasteiger partial charge in [-0.2, -0.15) is 0 Å². The minimum absolute atomic E-state index is 0.319. The summed E-state index contributed by atoms with van der Waals surface area (Å²) in [6.45, 7) is 2.51. The summed E-state index contributed by atoms with van der Waals surface area (Å²) in [6, 6.07) is 15.6. The fourth-order valence-corrected chi connectivity index (χ4v) is 2.52. The Bertz CT molecular complexity index is 963. The molecule has 0 bridgehead atoms. The molecule has 0 aliphatic rings. The first kappa shape index (κ1) is 19.8. The van der Waals surface area contributed by atoms with Gasteiger partial charge in [0.2, 0.25) is 0 Å². The van der Waals surface area contributed by atoms with Gasteiger partial charge >= 0.3 is 12.1 Å². The van der Waals surface area contributed by atoms with Crippen LogP contribution < -0.4 is 21.3 Å². The van der Waals surface area contributed by atoms with Gasteiger partial charge in [-0.05, 0) is 48.9 Å². The first-order chi connectivity index (χ1) is 14.1. The Morgan fingerprint density at radius 3 is 1.93 bits per heavy atom. The van der Waals surface area contributed by atoms with Gasteiger partial charge in [-0.3, -0.25) is 9.97 Å². The molecule has 3 aromatic rings.